The van der Waals surface area contributed by atoms with E-state index in [9.17, 15) is 20.1 Å². The van der Waals surface area contributed by atoms with E-state index in [4.69, 9.17) is 14.2 Å². The van der Waals surface area contributed by atoms with Gasteiger partial charge in [-0.2, -0.15) is 21.5 Å². The molecule has 38 heavy (non-hydrogen) atoms. The Morgan fingerprint density at radius 3 is 2.58 bits per heavy atom. The number of carbonyl (C=O) groups is 1. The maximum absolute atomic E-state index is 13.8. The van der Waals surface area contributed by atoms with Crippen LogP contribution in [-0.2, 0) is 18.4 Å². The van der Waals surface area contributed by atoms with Gasteiger partial charge in [0, 0.05) is 41.4 Å². The quantitative estimate of drug-likeness (QED) is 0.312. The molecule has 2 aliphatic heterocycles. The first kappa shape index (κ1) is 24.6. The molecule has 2 aliphatic rings. The smallest absolute Gasteiger partial charge is 0.372 e. The predicted octanol–water partition coefficient (Wildman–Crippen LogP) is 1.72. The third-order valence-corrected chi connectivity index (χ3v) is 7.39. The second-order valence-corrected chi connectivity index (χ2v) is 10.3. The Morgan fingerprint density at radius 2 is 2.00 bits per heavy atom. The number of fused-ring (bicyclic) bond motifs is 3. The molecule has 13 heteroatoms. The maximum Gasteiger partial charge on any atom is 0.372 e. The van der Waals surface area contributed by atoms with Crippen molar-refractivity contribution in [2.75, 3.05) is 20.3 Å². The zero-order valence-electron chi connectivity index (χ0n) is 20.8. The van der Waals surface area contributed by atoms with Gasteiger partial charge in [-0.3, -0.25) is 14.4 Å². The van der Waals surface area contributed by atoms with Crippen molar-refractivity contribution in [1.82, 2.24) is 24.5 Å². The summed E-state index contributed by atoms with van der Waals surface area (Å²) in [5.74, 6) is 0.221. The highest BCUT2D eigenvalue weighted by atomic mass is 32.1. The van der Waals surface area contributed by atoms with Gasteiger partial charge in [0.2, 0.25) is 0 Å². The van der Waals surface area contributed by atoms with Crippen LogP contribution >= 0.6 is 11.3 Å². The number of aliphatic hydroxyl groups is 3. The fraction of sp³-hybridized carbons (Fsp3) is 0.320. The van der Waals surface area contributed by atoms with E-state index in [1.165, 1.54) is 11.3 Å². The molecule has 0 saturated carbocycles. The number of amides is 1. The third kappa shape index (κ3) is 3.78. The molecule has 1 aromatic carbocycles. The zero-order chi connectivity index (χ0) is 26.8. The van der Waals surface area contributed by atoms with E-state index in [1.54, 1.807) is 29.5 Å². The van der Waals surface area contributed by atoms with Crippen molar-refractivity contribution in [2.24, 2.45) is 7.05 Å². The van der Waals surface area contributed by atoms with Crippen molar-refractivity contribution < 1.29 is 34.3 Å². The average Bonchev–Trinajstić information content (AvgIpc) is 3.60. The van der Waals surface area contributed by atoms with Gasteiger partial charge in [0.15, 0.2) is 5.69 Å². The fourth-order valence-electron chi connectivity index (χ4n) is 4.92. The average molecular weight is 540 g/mol. The van der Waals surface area contributed by atoms with Crippen molar-refractivity contribution in [3.63, 3.8) is 0 Å². The van der Waals surface area contributed by atoms with Crippen LogP contribution in [0.1, 0.15) is 23.0 Å². The van der Waals surface area contributed by atoms with Crippen LogP contribution in [0.25, 0.3) is 28.2 Å². The number of nitrogens with zero attached hydrogens (tertiary/aromatic N) is 5. The highest BCUT2D eigenvalue weighted by molar-refractivity contribution is 7.08. The Balaban J connectivity index is 1.57. The van der Waals surface area contributed by atoms with Gasteiger partial charge in [0.1, 0.15) is 18.1 Å². The second kappa shape index (κ2) is 8.64. The number of aromatic nitrogens is 4. The Labute approximate surface area is 220 Å². The molecular formula is C25H25N5O7S. The van der Waals surface area contributed by atoms with Gasteiger partial charge in [-0.05, 0) is 30.5 Å². The van der Waals surface area contributed by atoms with Crippen LogP contribution in [0.15, 0.2) is 41.2 Å². The van der Waals surface area contributed by atoms with Crippen LogP contribution in [0.5, 0.6) is 11.5 Å². The summed E-state index contributed by atoms with van der Waals surface area (Å²) in [4.78, 5) is 14.4. The number of aryl methyl sites for hydroxylation is 1. The van der Waals surface area contributed by atoms with Crippen molar-refractivity contribution in [1.29, 1.82) is 0 Å². The predicted molar refractivity (Wildman–Crippen MR) is 135 cm³/mol. The molecule has 0 atom stereocenters. The fourth-order valence-corrected chi connectivity index (χ4v) is 5.53. The van der Waals surface area contributed by atoms with Gasteiger partial charge in [0.05, 0.1) is 42.9 Å². The SMILES string of the molecule is COc1cc2c(cc1-c1ccn(C)n1)-c1c(c(C(=O)N(C(O)(O)O)C3(C)COC3)nn1-c1ccsc1)CO2. The van der Waals surface area contributed by atoms with Crippen LogP contribution < -0.4 is 9.47 Å². The summed E-state index contributed by atoms with van der Waals surface area (Å²) < 4.78 is 20.2. The number of benzene rings is 1. The number of rotatable bonds is 6. The number of methoxy groups -OCH3 is 1. The molecule has 0 bridgehead atoms. The highest BCUT2D eigenvalue weighted by Crippen LogP contribution is 2.46. The maximum atomic E-state index is 13.8. The first-order chi connectivity index (χ1) is 18.1. The molecule has 5 heterocycles. The third-order valence-electron chi connectivity index (χ3n) is 6.72. The molecular weight excluding hydrogens is 514 g/mol. The van der Waals surface area contributed by atoms with Crippen LogP contribution in [0.4, 0.5) is 0 Å². The molecule has 12 nitrogen and oxygen atoms in total. The molecule has 1 amide bonds. The van der Waals surface area contributed by atoms with Gasteiger partial charge < -0.3 is 29.5 Å². The molecule has 1 fully saturated rings. The Bertz CT molecular complexity index is 1530. The Kier molecular flexibility index (Phi) is 5.59. The summed E-state index contributed by atoms with van der Waals surface area (Å²) in [6.07, 6.45) is -1.60. The molecule has 6 rings (SSSR count). The van der Waals surface area contributed by atoms with E-state index in [-0.39, 0.29) is 25.5 Å². The minimum Gasteiger partial charge on any atom is -0.496 e. The number of ether oxygens (including phenoxy) is 3. The van der Waals surface area contributed by atoms with E-state index in [2.05, 4.69) is 10.2 Å². The van der Waals surface area contributed by atoms with Crippen molar-refractivity contribution >= 4 is 17.2 Å². The molecule has 0 unspecified atom stereocenters. The molecule has 4 aromatic rings. The normalized spacial score (nSPS) is 15.7. The summed E-state index contributed by atoms with van der Waals surface area (Å²) in [7, 11) is 3.39. The lowest BCUT2D eigenvalue weighted by atomic mass is 9.95. The lowest BCUT2D eigenvalue weighted by Gasteiger charge is -2.49. The lowest BCUT2D eigenvalue weighted by Crippen LogP contribution is -2.69. The van der Waals surface area contributed by atoms with Crippen LogP contribution in [0, 0.1) is 0 Å². The molecule has 3 aromatic heterocycles. The van der Waals surface area contributed by atoms with E-state index < -0.39 is 17.5 Å². The van der Waals surface area contributed by atoms with Gasteiger partial charge >= 0.3 is 6.10 Å². The topological polar surface area (TPSA) is 144 Å². The van der Waals surface area contributed by atoms with Gasteiger partial charge in [-0.15, -0.1) is 0 Å². The van der Waals surface area contributed by atoms with Crippen molar-refractivity contribution in [2.45, 2.75) is 25.2 Å². The van der Waals surface area contributed by atoms with Gasteiger partial charge in [0.25, 0.3) is 5.91 Å². The molecule has 3 N–H and O–H groups in total. The molecule has 0 radical (unpaired) electrons. The van der Waals surface area contributed by atoms with Crippen molar-refractivity contribution in [3.05, 3.63) is 52.5 Å². The number of thiophene rings is 1. The van der Waals surface area contributed by atoms with Gasteiger partial charge in [-0.1, -0.05) is 0 Å². The summed E-state index contributed by atoms with van der Waals surface area (Å²) in [5, 5.41) is 43.4. The van der Waals surface area contributed by atoms with Crippen molar-refractivity contribution in [3.8, 4) is 39.7 Å². The number of hydrogen-bond acceptors (Lipinski definition) is 10. The lowest BCUT2D eigenvalue weighted by molar-refractivity contribution is -0.405. The monoisotopic (exact) mass is 539 g/mol. The largest absolute Gasteiger partial charge is 0.496 e. The molecule has 0 aliphatic carbocycles. The van der Waals surface area contributed by atoms with E-state index >= 15 is 0 Å². The first-order valence-electron chi connectivity index (χ1n) is 11.7. The minimum absolute atomic E-state index is 0.0160. The van der Waals surface area contributed by atoms with E-state index in [0.29, 0.717) is 44.6 Å². The molecule has 1 saturated heterocycles. The Morgan fingerprint density at radius 1 is 1.21 bits per heavy atom. The highest BCUT2D eigenvalue weighted by Gasteiger charge is 2.53. The summed E-state index contributed by atoms with van der Waals surface area (Å²) in [6, 6.07) is 7.37. The summed E-state index contributed by atoms with van der Waals surface area (Å²) in [5.41, 5.74) is 2.57. The number of carbonyl (C=O) groups excluding carboxylic acids is 1. The second-order valence-electron chi connectivity index (χ2n) is 9.51. The minimum atomic E-state index is -3.43. The Hall–Kier alpha value is -3.75. The standard InChI is InChI=1S/C25H25N5O7S/c1-24(12-36-13-24)30(25(32,33)34)23(31)21-17-10-37-20-9-19(35-3)15(18-4-6-28(2)26-18)8-16(20)22(17)29(27-21)14-5-7-38-11-14/h4-9,11,32-34H,10,12-13H2,1-3H3. The number of hydrogen-bond donors (Lipinski definition) is 3. The van der Waals surface area contributed by atoms with Crippen LogP contribution in [0.2, 0.25) is 0 Å². The first-order valence-corrected chi connectivity index (χ1v) is 12.6. The summed E-state index contributed by atoms with van der Waals surface area (Å²) in [6.45, 7) is 1.60. The van der Waals surface area contributed by atoms with E-state index in [1.807, 2.05) is 42.2 Å². The van der Waals surface area contributed by atoms with Crippen LogP contribution in [-0.4, -0.2) is 77.6 Å². The zero-order valence-corrected chi connectivity index (χ0v) is 21.6. The summed E-state index contributed by atoms with van der Waals surface area (Å²) >= 11 is 1.46. The van der Waals surface area contributed by atoms with Gasteiger partial charge in [-0.25, -0.2) is 4.68 Å². The molecule has 0 spiro atoms. The molecule has 198 valence electrons. The van der Waals surface area contributed by atoms with E-state index in [0.717, 1.165) is 5.56 Å². The van der Waals surface area contributed by atoms with Crippen LogP contribution in [0.3, 0.4) is 0 Å².